The molecule has 1 aliphatic carbocycles. The number of hydrogen-bond donors (Lipinski definition) is 1. The van der Waals surface area contributed by atoms with Crippen molar-refractivity contribution in [1.29, 1.82) is 0 Å². The number of aryl methyl sites for hydroxylation is 1. The number of rotatable bonds is 2. The molecule has 1 aromatic heterocycles. The lowest BCUT2D eigenvalue weighted by molar-refractivity contribution is 0.0882. The number of nitrogens with zero attached hydrogens (tertiary/aromatic N) is 2. The van der Waals surface area contributed by atoms with Gasteiger partial charge in [0.05, 0.1) is 16.8 Å². The normalized spacial score (nSPS) is 19.4. The molecule has 2 N–H and O–H groups in total. The number of ketones is 1. The summed E-state index contributed by atoms with van der Waals surface area (Å²) in [7, 11) is 1.71. The number of nitrogens with two attached hydrogens (primary N) is 1. The van der Waals surface area contributed by atoms with E-state index in [4.69, 9.17) is 17.3 Å². The standard InChI is InChI=1S/C10H14ClN3O/c1-14-8(7(11)6-13-14)9(15)10(12)4-2-3-5-10/h6H,2-5,12H2,1H3. The highest BCUT2D eigenvalue weighted by Gasteiger charge is 2.39. The van der Waals surface area contributed by atoms with Crippen molar-refractivity contribution in [3.05, 3.63) is 16.9 Å². The number of halogens is 1. The maximum absolute atomic E-state index is 12.2. The molecule has 0 amide bonds. The molecule has 0 aliphatic heterocycles. The molecule has 5 heteroatoms. The summed E-state index contributed by atoms with van der Waals surface area (Å²) in [5.74, 6) is -0.0787. The molecule has 0 atom stereocenters. The van der Waals surface area contributed by atoms with Gasteiger partial charge in [-0.2, -0.15) is 5.10 Å². The lowest BCUT2D eigenvalue weighted by Gasteiger charge is -2.21. The van der Waals surface area contributed by atoms with Gasteiger partial charge in [0.25, 0.3) is 0 Å². The van der Waals surface area contributed by atoms with Crippen molar-refractivity contribution in [2.24, 2.45) is 12.8 Å². The number of Topliss-reactive ketones (excluding diaryl/α,β-unsaturated/α-hetero) is 1. The Morgan fingerprint density at radius 1 is 1.60 bits per heavy atom. The Balaban J connectivity index is 2.35. The summed E-state index contributed by atoms with van der Waals surface area (Å²) < 4.78 is 1.50. The minimum absolute atomic E-state index is 0.0787. The minimum atomic E-state index is -0.725. The van der Waals surface area contributed by atoms with Crippen molar-refractivity contribution >= 4 is 17.4 Å². The highest BCUT2D eigenvalue weighted by atomic mass is 35.5. The van der Waals surface area contributed by atoms with Crippen LogP contribution in [0.25, 0.3) is 0 Å². The van der Waals surface area contributed by atoms with Crippen LogP contribution in [-0.2, 0) is 7.05 Å². The number of carbonyl (C=O) groups is 1. The van der Waals surface area contributed by atoms with Crippen LogP contribution in [-0.4, -0.2) is 21.1 Å². The van der Waals surface area contributed by atoms with E-state index in [2.05, 4.69) is 5.10 Å². The summed E-state index contributed by atoms with van der Waals surface area (Å²) in [6, 6.07) is 0. The maximum atomic E-state index is 12.2. The number of hydrogen-bond acceptors (Lipinski definition) is 3. The van der Waals surface area contributed by atoms with Gasteiger partial charge in [-0.3, -0.25) is 9.48 Å². The summed E-state index contributed by atoms with van der Waals surface area (Å²) in [5, 5.41) is 4.34. The highest BCUT2D eigenvalue weighted by Crippen LogP contribution is 2.31. The molecule has 0 aromatic carbocycles. The van der Waals surface area contributed by atoms with Crippen LogP contribution < -0.4 is 5.73 Å². The lowest BCUT2D eigenvalue weighted by Crippen LogP contribution is -2.46. The Labute approximate surface area is 93.4 Å². The summed E-state index contributed by atoms with van der Waals surface area (Å²) in [4.78, 5) is 12.2. The third-order valence-electron chi connectivity index (χ3n) is 3.06. The van der Waals surface area contributed by atoms with E-state index in [1.807, 2.05) is 0 Å². The molecular formula is C10H14ClN3O. The van der Waals surface area contributed by atoms with Crippen molar-refractivity contribution in [3.8, 4) is 0 Å². The van der Waals surface area contributed by atoms with E-state index in [0.717, 1.165) is 25.7 Å². The van der Waals surface area contributed by atoms with Gasteiger partial charge >= 0.3 is 0 Å². The summed E-state index contributed by atoms with van der Waals surface area (Å²) in [6.45, 7) is 0. The molecule has 1 fully saturated rings. The van der Waals surface area contributed by atoms with E-state index in [9.17, 15) is 4.79 Å². The molecule has 0 bridgehead atoms. The summed E-state index contributed by atoms with van der Waals surface area (Å²) >= 11 is 5.92. The lowest BCUT2D eigenvalue weighted by atomic mass is 9.91. The van der Waals surface area contributed by atoms with Gasteiger partial charge in [-0.15, -0.1) is 0 Å². The van der Waals surface area contributed by atoms with Crippen LogP contribution in [0.15, 0.2) is 6.20 Å². The molecule has 1 aromatic rings. The molecule has 2 rings (SSSR count). The fraction of sp³-hybridized carbons (Fsp3) is 0.600. The van der Waals surface area contributed by atoms with E-state index in [1.165, 1.54) is 10.9 Å². The molecule has 0 saturated heterocycles. The molecule has 0 spiro atoms. The van der Waals surface area contributed by atoms with Crippen LogP contribution in [0.5, 0.6) is 0 Å². The first kappa shape index (κ1) is 10.6. The first-order valence-electron chi connectivity index (χ1n) is 5.06. The zero-order valence-corrected chi connectivity index (χ0v) is 9.42. The predicted octanol–water partition coefficient (Wildman–Crippen LogP) is 1.53. The molecule has 0 unspecified atom stereocenters. The molecule has 1 saturated carbocycles. The molecule has 1 aliphatic rings. The van der Waals surface area contributed by atoms with Crippen LogP contribution in [0, 0.1) is 0 Å². The first-order valence-corrected chi connectivity index (χ1v) is 5.43. The fourth-order valence-corrected chi connectivity index (χ4v) is 2.39. The van der Waals surface area contributed by atoms with Crippen molar-refractivity contribution in [2.75, 3.05) is 0 Å². The second-order valence-electron chi connectivity index (χ2n) is 4.16. The third kappa shape index (κ3) is 1.68. The molecular weight excluding hydrogens is 214 g/mol. The average Bonchev–Trinajstić information content (AvgIpc) is 2.75. The van der Waals surface area contributed by atoms with Crippen LogP contribution >= 0.6 is 11.6 Å². The van der Waals surface area contributed by atoms with Crippen LogP contribution in [0.1, 0.15) is 36.2 Å². The van der Waals surface area contributed by atoms with Gasteiger partial charge in [0.2, 0.25) is 5.78 Å². The Kier molecular flexibility index (Phi) is 2.56. The summed E-state index contributed by atoms with van der Waals surface area (Å²) in [5.41, 5.74) is 5.79. The average molecular weight is 228 g/mol. The fourth-order valence-electron chi connectivity index (χ4n) is 2.13. The second-order valence-corrected chi connectivity index (χ2v) is 4.56. The van der Waals surface area contributed by atoms with Crippen LogP contribution in [0.3, 0.4) is 0 Å². The second kappa shape index (κ2) is 3.61. The summed E-state index contributed by atoms with van der Waals surface area (Å²) in [6.07, 6.45) is 4.99. The van der Waals surface area contributed by atoms with Gasteiger partial charge in [-0.1, -0.05) is 24.4 Å². The van der Waals surface area contributed by atoms with Gasteiger partial charge in [-0.05, 0) is 12.8 Å². The molecule has 82 valence electrons. The quantitative estimate of drug-likeness (QED) is 0.780. The van der Waals surface area contributed by atoms with E-state index in [-0.39, 0.29) is 5.78 Å². The van der Waals surface area contributed by atoms with E-state index < -0.39 is 5.54 Å². The largest absolute Gasteiger partial charge is 0.319 e. The van der Waals surface area contributed by atoms with Gasteiger partial charge in [-0.25, -0.2) is 0 Å². The Morgan fingerprint density at radius 2 is 2.20 bits per heavy atom. The van der Waals surface area contributed by atoms with Crippen LogP contribution in [0.2, 0.25) is 5.02 Å². The topological polar surface area (TPSA) is 60.9 Å². The molecule has 0 radical (unpaired) electrons. The number of carbonyl (C=O) groups excluding carboxylic acids is 1. The van der Waals surface area contributed by atoms with Crippen molar-refractivity contribution in [2.45, 2.75) is 31.2 Å². The molecule has 15 heavy (non-hydrogen) atoms. The molecule has 4 nitrogen and oxygen atoms in total. The van der Waals surface area contributed by atoms with Crippen LogP contribution in [0.4, 0.5) is 0 Å². The Morgan fingerprint density at radius 3 is 2.67 bits per heavy atom. The van der Waals surface area contributed by atoms with Crippen molar-refractivity contribution in [1.82, 2.24) is 9.78 Å². The van der Waals surface area contributed by atoms with Gasteiger partial charge < -0.3 is 5.73 Å². The van der Waals surface area contributed by atoms with Gasteiger partial charge in [0.15, 0.2) is 0 Å². The maximum Gasteiger partial charge on any atom is 0.202 e. The Bertz CT molecular complexity index is 374. The van der Waals surface area contributed by atoms with Crippen molar-refractivity contribution in [3.63, 3.8) is 0 Å². The van der Waals surface area contributed by atoms with Gasteiger partial charge in [0.1, 0.15) is 5.69 Å². The zero-order valence-electron chi connectivity index (χ0n) is 8.66. The smallest absolute Gasteiger partial charge is 0.202 e. The van der Waals surface area contributed by atoms with Crippen molar-refractivity contribution < 1.29 is 4.79 Å². The SMILES string of the molecule is Cn1ncc(Cl)c1C(=O)C1(N)CCCC1. The zero-order chi connectivity index (χ0) is 11.1. The highest BCUT2D eigenvalue weighted by molar-refractivity contribution is 6.34. The van der Waals surface area contributed by atoms with E-state index >= 15 is 0 Å². The predicted molar refractivity (Wildman–Crippen MR) is 57.9 cm³/mol. The first-order chi connectivity index (χ1) is 7.04. The monoisotopic (exact) mass is 227 g/mol. The number of aromatic nitrogens is 2. The van der Waals surface area contributed by atoms with Gasteiger partial charge in [0, 0.05) is 7.05 Å². The van der Waals surface area contributed by atoms with E-state index in [1.54, 1.807) is 7.05 Å². The minimum Gasteiger partial charge on any atom is -0.319 e. The molecule has 1 heterocycles. The Hall–Kier alpha value is -0.870. The van der Waals surface area contributed by atoms with E-state index in [0.29, 0.717) is 10.7 Å². The third-order valence-corrected chi connectivity index (χ3v) is 3.33.